The number of alkyl halides is 2. The van der Waals surface area contributed by atoms with Crippen molar-refractivity contribution in [3.8, 4) is 45.8 Å². The van der Waals surface area contributed by atoms with Crippen molar-refractivity contribution in [2.45, 2.75) is 125 Å². The first kappa shape index (κ1) is 52.7. The van der Waals surface area contributed by atoms with Crippen LogP contribution >= 0.6 is 11.6 Å². The van der Waals surface area contributed by atoms with E-state index in [2.05, 4.69) is 30.2 Å². The van der Waals surface area contributed by atoms with E-state index < -0.39 is 41.1 Å². The first-order valence-electron chi connectivity index (χ1n) is 30.0. The molecule has 0 radical (unpaired) electrons. The van der Waals surface area contributed by atoms with E-state index in [0.717, 1.165) is 56.9 Å². The van der Waals surface area contributed by atoms with Crippen LogP contribution in [0.1, 0.15) is 81.4 Å². The summed E-state index contributed by atoms with van der Waals surface area (Å²) < 4.78 is 81.3. The number of hydrogen-bond acceptors (Lipinski definition) is 14. The molecular weight excluding hydrogens is 1100 g/mol. The molecular formula is C65H65ClF4N10O4. The number of ether oxygens (including phenoxy) is 2. The average Bonchev–Trinajstić information content (AvgIpc) is 2.07. The van der Waals surface area contributed by atoms with Crippen LogP contribution in [-0.4, -0.2) is 147 Å². The van der Waals surface area contributed by atoms with Crippen LogP contribution < -0.4 is 29.9 Å². The lowest BCUT2D eigenvalue weighted by molar-refractivity contribution is 0.0832. The Bertz CT molecular complexity index is 4010. The minimum Gasteiger partial charge on any atom is -0.508 e. The van der Waals surface area contributed by atoms with Gasteiger partial charge in [0.1, 0.15) is 59.7 Å². The molecule has 0 aliphatic carbocycles. The first-order chi connectivity index (χ1) is 40.7. The predicted octanol–water partition coefficient (Wildman–Crippen LogP) is 11.4. The lowest BCUT2D eigenvalue weighted by Gasteiger charge is -2.35. The third kappa shape index (κ3) is 8.53. The van der Waals surface area contributed by atoms with E-state index in [9.17, 15) is 14.6 Å². The fourth-order valence-electron chi connectivity index (χ4n) is 16.7. The van der Waals surface area contributed by atoms with Crippen LogP contribution in [-0.2, 0) is 0 Å². The number of benzene rings is 6. The van der Waals surface area contributed by atoms with E-state index in [1.54, 1.807) is 24.3 Å². The van der Waals surface area contributed by atoms with Gasteiger partial charge < -0.3 is 40.1 Å². The fraction of sp³-hybridized carbons (Fsp3) is 0.446. The maximum absolute atomic E-state index is 18.1. The van der Waals surface area contributed by atoms with Gasteiger partial charge in [0.2, 0.25) is 0 Å². The first-order valence-corrected chi connectivity index (χ1v) is 30.4. The Morgan fingerprint density at radius 1 is 0.619 bits per heavy atom. The topological polar surface area (TPSA) is 148 Å². The number of phenols is 2. The number of fused-ring (bicyclic) bond motifs is 10. The van der Waals surface area contributed by atoms with E-state index in [1.165, 1.54) is 6.07 Å². The van der Waals surface area contributed by atoms with Crippen molar-refractivity contribution in [1.29, 1.82) is 0 Å². The summed E-state index contributed by atoms with van der Waals surface area (Å²) >= 11 is 7.07. The third-order valence-electron chi connectivity index (χ3n) is 20.3. The molecule has 6 aromatic carbocycles. The Labute approximate surface area is 488 Å². The molecule has 0 spiro atoms. The fourth-order valence-corrected chi connectivity index (χ4v) is 17.0. The smallest absolute Gasteiger partial charge is 0.319 e. The highest BCUT2D eigenvalue weighted by Crippen LogP contribution is 2.53. The second-order valence-corrected chi connectivity index (χ2v) is 25.9. The average molecular weight is 1160 g/mol. The normalized spacial score (nSPS) is 28.4. The van der Waals surface area contributed by atoms with Gasteiger partial charge >= 0.3 is 12.0 Å². The summed E-state index contributed by atoms with van der Waals surface area (Å²) in [5.74, 6) is -0.294. The van der Waals surface area contributed by atoms with Crippen molar-refractivity contribution >= 4 is 66.6 Å². The van der Waals surface area contributed by atoms with Gasteiger partial charge in [-0.2, -0.15) is 19.9 Å². The molecule has 0 saturated carbocycles. The number of nitrogens with one attached hydrogen (secondary N) is 2. The number of phenolic OH excluding ortho intramolecular Hbond substituents is 2. The molecule has 8 aromatic rings. The Morgan fingerprint density at radius 3 is 1.89 bits per heavy atom. The highest BCUT2D eigenvalue weighted by Gasteiger charge is 2.56. The van der Waals surface area contributed by atoms with Crippen LogP contribution in [0.3, 0.4) is 0 Å². The second-order valence-electron chi connectivity index (χ2n) is 25.5. The van der Waals surface area contributed by atoms with Gasteiger partial charge in [-0.1, -0.05) is 54.1 Å². The maximum atomic E-state index is 18.1. The van der Waals surface area contributed by atoms with E-state index in [4.69, 9.17) is 41.0 Å². The number of halogens is 5. The number of anilines is 2. The minimum atomic E-state index is -1.36. The largest absolute Gasteiger partial charge is 0.508 e. The van der Waals surface area contributed by atoms with Crippen molar-refractivity contribution < 1.29 is 37.2 Å². The quantitative estimate of drug-likeness (QED) is 0.0911. The van der Waals surface area contributed by atoms with Gasteiger partial charge in [-0.3, -0.25) is 9.80 Å². The lowest BCUT2D eigenvalue weighted by Crippen LogP contribution is -2.51. The van der Waals surface area contributed by atoms with Gasteiger partial charge in [0.15, 0.2) is 11.6 Å². The molecule has 10 heterocycles. The van der Waals surface area contributed by atoms with Crippen LogP contribution in [0.2, 0.25) is 5.02 Å². The highest BCUT2D eigenvalue weighted by atomic mass is 35.5. The van der Waals surface area contributed by atoms with Crippen LogP contribution in [0, 0.1) is 18.6 Å². The minimum absolute atomic E-state index is 0.0180. The number of rotatable bonds is 11. The summed E-state index contributed by atoms with van der Waals surface area (Å²) in [6.45, 7) is 6.48. The summed E-state index contributed by atoms with van der Waals surface area (Å²) in [6, 6.07) is 23.3. The summed E-state index contributed by atoms with van der Waals surface area (Å²) in [7, 11) is 0. The zero-order valence-corrected chi connectivity index (χ0v) is 47.4. The number of nitrogens with zero attached hydrogens (tertiary/aromatic N) is 8. The SMILES string of the molecule is Cc1cc2c(N3CC4CCC(C3)N4)nc(OC[C@]34CCCN3C[C@H](F)C4)nc2c(F)c1-c1cc(O)cc2c(C3[C@H](F)C[C@@]4(COc5nc(N6CC7CCC(C6)N7)c6cc(Cl)c(-c7cc(O)cc8ccccc78)c(F)c6n5)CCCN34)cccc12. The van der Waals surface area contributed by atoms with E-state index >= 15 is 13.2 Å². The number of hydrogen-bond donors (Lipinski definition) is 4. The number of piperazine rings is 2. The number of aromatic hydroxyl groups is 2. The summed E-state index contributed by atoms with van der Waals surface area (Å²) in [6.07, 6.45) is 5.43. The highest BCUT2D eigenvalue weighted by molar-refractivity contribution is 6.35. The molecule has 16 rings (SSSR count). The van der Waals surface area contributed by atoms with Gasteiger partial charge in [-0.15, -0.1) is 0 Å². The molecule has 434 valence electrons. The third-order valence-corrected chi connectivity index (χ3v) is 20.6. The molecule has 4 bridgehead atoms. The number of aryl methyl sites for hydroxylation is 1. The van der Waals surface area contributed by atoms with Crippen LogP contribution in [0.15, 0.2) is 78.9 Å². The van der Waals surface area contributed by atoms with Crippen LogP contribution in [0.4, 0.5) is 29.2 Å². The van der Waals surface area contributed by atoms with Crippen molar-refractivity contribution in [2.24, 2.45) is 0 Å². The van der Waals surface area contributed by atoms with E-state index in [-0.39, 0.29) is 94.5 Å². The van der Waals surface area contributed by atoms with Crippen molar-refractivity contribution in [1.82, 2.24) is 40.4 Å². The van der Waals surface area contributed by atoms with Gasteiger partial charge in [0.25, 0.3) is 0 Å². The second kappa shape index (κ2) is 19.9. The van der Waals surface area contributed by atoms with Gasteiger partial charge in [0.05, 0.1) is 22.1 Å². The molecule has 9 atom stereocenters. The molecule has 8 saturated heterocycles. The summed E-state index contributed by atoms with van der Waals surface area (Å²) in [5, 5.41) is 33.7. The van der Waals surface area contributed by atoms with E-state index in [1.807, 2.05) is 55.5 Å². The zero-order valence-electron chi connectivity index (χ0n) is 46.7. The molecule has 8 aliphatic heterocycles. The Kier molecular flexibility index (Phi) is 12.5. The monoisotopic (exact) mass is 1160 g/mol. The zero-order chi connectivity index (χ0) is 56.9. The van der Waals surface area contributed by atoms with Crippen molar-refractivity contribution in [3.63, 3.8) is 0 Å². The van der Waals surface area contributed by atoms with Gasteiger partial charge in [-0.25, -0.2) is 17.6 Å². The van der Waals surface area contributed by atoms with Crippen LogP contribution in [0.5, 0.6) is 23.5 Å². The number of aromatic nitrogens is 4. The molecule has 14 nitrogen and oxygen atoms in total. The maximum Gasteiger partial charge on any atom is 0.319 e. The molecule has 84 heavy (non-hydrogen) atoms. The molecule has 8 aliphatic rings. The standard InChI is InChI=1S/C65H65ClF4N10O4/c1-34-19-49-57(73-62(75-60(49)77-28-37-11-12-38(29-77)71-37)83-32-64-15-5-17-79(64)27-36(67)25-64)55(69)53(34)48-23-42(82)21-46-44(48)9-4-10-45(46)59-52(68)26-65(16-6-18-80(59)65)33-84-63-74-58-50(61(76-63)78-30-39-13-14-40(31-78)72-39)24-51(66)54(56(58)70)47-22-41(81)20-35-7-2-3-8-43(35)47/h2-4,7-10,19-24,36-40,52,59,71-72,81-82H,5-6,11-18,25-33H2,1H3/t36-,37?,38?,39?,40?,52-,59?,64-,65-/m1/s1. The summed E-state index contributed by atoms with van der Waals surface area (Å²) in [4.78, 5) is 28.4. The molecule has 2 aromatic heterocycles. The molecule has 8 fully saturated rings. The molecule has 5 unspecified atom stereocenters. The molecule has 4 N–H and O–H groups in total. The van der Waals surface area contributed by atoms with Crippen LogP contribution in [0.25, 0.3) is 65.6 Å². The van der Waals surface area contributed by atoms with E-state index in [0.29, 0.717) is 113 Å². The van der Waals surface area contributed by atoms with Crippen molar-refractivity contribution in [2.75, 3.05) is 68.8 Å². The van der Waals surface area contributed by atoms with Gasteiger partial charge in [0, 0.05) is 91.6 Å². The predicted molar refractivity (Wildman–Crippen MR) is 317 cm³/mol. The Hall–Kier alpha value is -6.83. The van der Waals surface area contributed by atoms with Crippen molar-refractivity contribution in [3.05, 3.63) is 107 Å². The Morgan fingerprint density at radius 2 is 1.20 bits per heavy atom. The Balaban J connectivity index is 0.752. The molecule has 19 heteroatoms. The molecule has 0 amide bonds. The lowest BCUT2D eigenvalue weighted by atomic mass is 9.89. The van der Waals surface area contributed by atoms with Gasteiger partial charge in [-0.05, 0) is 152 Å². The summed E-state index contributed by atoms with van der Waals surface area (Å²) in [5.41, 5.74) is 1.33.